The average Bonchev–Trinajstić information content (AvgIpc) is 1.70. The van der Waals surface area contributed by atoms with Crippen molar-refractivity contribution in [3.05, 3.63) is 0 Å². The molecule has 0 aliphatic carbocycles. The van der Waals surface area contributed by atoms with Gasteiger partial charge in [0.15, 0.2) is 0 Å². The fourth-order valence-corrected chi connectivity index (χ4v) is 0. The first-order valence-corrected chi connectivity index (χ1v) is 3.29. The topological polar surface area (TPSA) is 120 Å². The maximum atomic E-state index is 8.35. The minimum atomic E-state index is -1.08. The van der Waals surface area contributed by atoms with Crippen molar-refractivity contribution < 1.29 is 46.9 Å². The number of rotatable bonds is 0. The van der Waals surface area contributed by atoms with E-state index in [4.69, 9.17) is 28.4 Å². The summed E-state index contributed by atoms with van der Waals surface area (Å²) in [5.74, 6) is 0. The smallest absolute Gasteiger partial charge is 0.0642 e. The van der Waals surface area contributed by atoms with Gasteiger partial charge in [0, 0.05) is 18.6 Å². The first-order valence-electron chi connectivity index (χ1n) is 1.10. The molecule has 59 valence electrons. The van der Waals surface area contributed by atoms with Gasteiger partial charge in [-0.25, -0.2) is 0 Å². The molecule has 0 spiro atoms. The third-order valence-electron chi connectivity index (χ3n) is 0. The van der Waals surface area contributed by atoms with Gasteiger partial charge in [0.1, 0.15) is 0 Å². The SMILES string of the molecule is O=P[O-].O=P[O-].O=P[O-].[V]. The van der Waals surface area contributed by atoms with Crippen LogP contribution in [-0.4, -0.2) is 0 Å². The molecule has 0 atom stereocenters. The van der Waals surface area contributed by atoms with Crippen LogP contribution in [0.25, 0.3) is 0 Å². The molecule has 0 aliphatic rings. The third-order valence-corrected chi connectivity index (χ3v) is 0. The Bertz CT molecular complexity index is 49.7. The Hall–Kier alpha value is 0.764. The van der Waals surface area contributed by atoms with E-state index < -0.39 is 26.1 Å². The van der Waals surface area contributed by atoms with Gasteiger partial charge in [0.2, 0.25) is 0 Å². The molecule has 0 aromatic rings. The molecule has 0 N–H and O–H groups in total. The van der Waals surface area contributed by atoms with Crippen molar-refractivity contribution in [1.29, 1.82) is 0 Å². The molecule has 0 aromatic heterocycles. The molecule has 0 fully saturated rings. The van der Waals surface area contributed by atoms with Gasteiger partial charge in [-0.2, -0.15) is 0 Å². The van der Waals surface area contributed by atoms with E-state index in [0.29, 0.717) is 0 Å². The quantitative estimate of drug-likeness (QED) is 0.483. The Kier molecular flexibility index (Phi) is 119. The number of hydrogen-bond acceptors (Lipinski definition) is 6. The van der Waals surface area contributed by atoms with E-state index in [1.54, 1.807) is 0 Å². The molecular weight excluding hydrogens is 240 g/mol. The molecule has 10 heavy (non-hydrogen) atoms. The predicted octanol–water partition coefficient (Wildman–Crippen LogP) is -1.34. The van der Waals surface area contributed by atoms with Crippen LogP contribution in [-0.2, 0) is 32.3 Å². The summed E-state index contributed by atoms with van der Waals surface area (Å²) in [7, 11) is -3.25. The number of hydrogen-bond donors (Lipinski definition) is 0. The standard InChI is InChI=1S/3HO2P.V/c3*1-3-2;/h3*(H,1,2);/p-3. The summed E-state index contributed by atoms with van der Waals surface area (Å²) in [6, 6.07) is 0. The van der Waals surface area contributed by atoms with E-state index in [1.165, 1.54) is 0 Å². The van der Waals surface area contributed by atoms with Crippen LogP contribution >= 0.6 is 26.1 Å². The van der Waals surface area contributed by atoms with Crippen molar-refractivity contribution >= 4 is 26.1 Å². The zero-order valence-electron chi connectivity index (χ0n) is 4.24. The summed E-state index contributed by atoms with van der Waals surface area (Å²) in [5, 5.41) is 0. The van der Waals surface area contributed by atoms with Crippen molar-refractivity contribution in [2.24, 2.45) is 0 Å². The summed E-state index contributed by atoms with van der Waals surface area (Å²) in [5.41, 5.74) is 0. The normalized spacial score (nSPS) is 6.30. The fourth-order valence-electron chi connectivity index (χ4n) is 0. The van der Waals surface area contributed by atoms with Crippen molar-refractivity contribution in [1.82, 2.24) is 0 Å². The van der Waals surface area contributed by atoms with Gasteiger partial charge >= 0.3 is 0 Å². The monoisotopic (exact) mass is 240 g/mol. The van der Waals surface area contributed by atoms with Gasteiger partial charge < -0.3 is 14.7 Å². The van der Waals surface area contributed by atoms with Gasteiger partial charge in [-0.1, -0.05) is 0 Å². The molecule has 0 rings (SSSR count). The molecule has 0 bridgehead atoms. The fraction of sp³-hybridized carbons (Fsp3) is 0. The molecule has 10 heteroatoms. The molecule has 0 saturated carbocycles. The van der Waals surface area contributed by atoms with E-state index in [9.17, 15) is 0 Å². The Labute approximate surface area is 73.4 Å². The Morgan fingerprint density at radius 1 is 0.700 bits per heavy atom. The molecule has 6 nitrogen and oxygen atoms in total. The Morgan fingerprint density at radius 3 is 0.700 bits per heavy atom. The van der Waals surface area contributed by atoms with E-state index in [0.717, 1.165) is 0 Å². The zero-order chi connectivity index (χ0) is 8.12. The van der Waals surface area contributed by atoms with Crippen LogP contribution in [0.1, 0.15) is 0 Å². The van der Waals surface area contributed by atoms with Gasteiger partial charge in [-0.05, 0) is 0 Å². The molecule has 0 aliphatic heterocycles. The second-order valence-electron chi connectivity index (χ2n) is 0.224. The molecule has 1 radical (unpaired) electrons. The van der Waals surface area contributed by atoms with Crippen LogP contribution in [0.3, 0.4) is 0 Å². The van der Waals surface area contributed by atoms with E-state index in [2.05, 4.69) is 0 Å². The van der Waals surface area contributed by atoms with Crippen molar-refractivity contribution in [2.45, 2.75) is 0 Å². The van der Waals surface area contributed by atoms with Gasteiger partial charge in [0.25, 0.3) is 0 Å². The second-order valence-corrected chi connectivity index (χ2v) is 0.671. The van der Waals surface area contributed by atoms with Crippen LogP contribution < -0.4 is 14.7 Å². The average molecular weight is 240 g/mol. The van der Waals surface area contributed by atoms with E-state index in [-0.39, 0.29) is 18.6 Å². The first-order chi connectivity index (χ1) is 4.24. The van der Waals surface area contributed by atoms with Gasteiger partial charge in [-0.15, -0.1) is 0 Å². The minimum Gasteiger partial charge on any atom is -0.772 e. The van der Waals surface area contributed by atoms with Crippen LogP contribution in [0.15, 0.2) is 0 Å². The zero-order valence-corrected chi connectivity index (χ0v) is 8.32. The summed E-state index contributed by atoms with van der Waals surface area (Å²) < 4.78 is 25.0. The Balaban J connectivity index is -0.0000000257. The van der Waals surface area contributed by atoms with Crippen molar-refractivity contribution in [3.8, 4) is 0 Å². The molecule has 0 heterocycles. The summed E-state index contributed by atoms with van der Waals surface area (Å²) in [6.45, 7) is 0. The van der Waals surface area contributed by atoms with E-state index >= 15 is 0 Å². The van der Waals surface area contributed by atoms with Crippen LogP contribution in [0.2, 0.25) is 0 Å². The minimum absolute atomic E-state index is 0. The first kappa shape index (κ1) is 22.4. The third kappa shape index (κ3) is 904. The molecule has 0 saturated heterocycles. The van der Waals surface area contributed by atoms with Gasteiger partial charge in [-0.3, -0.25) is 13.7 Å². The summed E-state index contributed by atoms with van der Waals surface area (Å²) in [6.07, 6.45) is 0. The van der Waals surface area contributed by atoms with Gasteiger partial charge in [0.05, 0.1) is 26.1 Å². The van der Waals surface area contributed by atoms with Crippen LogP contribution in [0, 0.1) is 0 Å². The molecule has 0 aromatic carbocycles. The van der Waals surface area contributed by atoms with Crippen molar-refractivity contribution in [2.75, 3.05) is 0 Å². The summed E-state index contributed by atoms with van der Waals surface area (Å²) >= 11 is 0. The summed E-state index contributed by atoms with van der Waals surface area (Å²) in [4.78, 5) is 25.0. The van der Waals surface area contributed by atoms with Crippen LogP contribution in [0.5, 0.6) is 0 Å². The van der Waals surface area contributed by atoms with E-state index in [1.807, 2.05) is 0 Å². The second kappa shape index (κ2) is 52.9. The maximum absolute atomic E-state index is 8.35. The van der Waals surface area contributed by atoms with Crippen molar-refractivity contribution in [3.63, 3.8) is 0 Å². The molecular formula is O6P3V-3. The largest absolute Gasteiger partial charge is 0.772 e. The molecule has 0 amide bonds. The maximum Gasteiger partial charge on any atom is 0.0642 e. The van der Waals surface area contributed by atoms with Crippen LogP contribution in [0.4, 0.5) is 0 Å². The predicted molar refractivity (Wildman–Crippen MR) is 22.8 cm³/mol. The molecule has 0 unspecified atom stereocenters. The Morgan fingerprint density at radius 2 is 0.700 bits per heavy atom.